The lowest BCUT2D eigenvalue weighted by atomic mass is 9.98. The normalized spacial score (nSPS) is 12.2. The Morgan fingerprint density at radius 2 is 1.41 bits per heavy atom. The molecule has 1 atom stereocenters. The number of carbonyl (C=O) groups excluding carboxylic acids is 2. The molecule has 0 radical (unpaired) electrons. The molecule has 0 aromatic heterocycles. The van der Waals surface area contributed by atoms with E-state index in [4.69, 9.17) is 0 Å². The molecule has 0 aliphatic carbocycles. The number of ketones is 1. The third-order valence-corrected chi connectivity index (χ3v) is 4.50. The van der Waals surface area contributed by atoms with Crippen LogP contribution in [0.5, 0.6) is 0 Å². The first-order chi connectivity index (χ1) is 10.5. The molecule has 0 spiro atoms. The highest BCUT2D eigenvalue weighted by Gasteiger charge is 2.09. The third-order valence-electron chi connectivity index (χ3n) is 4.50. The molecule has 0 bridgehead atoms. The van der Waals surface area contributed by atoms with Gasteiger partial charge in [-0.2, -0.15) is 0 Å². The molecule has 0 saturated heterocycles. The third kappa shape index (κ3) is 10.8. The molecule has 130 valence electrons. The van der Waals surface area contributed by atoms with Crippen molar-refractivity contribution in [1.29, 1.82) is 0 Å². The van der Waals surface area contributed by atoms with Gasteiger partial charge in [0.1, 0.15) is 5.78 Å². The van der Waals surface area contributed by atoms with E-state index >= 15 is 0 Å². The first-order valence-electron chi connectivity index (χ1n) is 9.29. The molecule has 3 nitrogen and oxygen atoms in total. The number of carbonyl (C=O) groups is 2. The number of nitrogens with zero attached hydrogens (tertiary/aromatic N) is 1. The van der Waals surface area contributed by atoms with E-state index in [0.29, 0.717) is 12.2 Å². The molecule has 0 rings (SSSR count). The first-order valence-corrected chi connectivity index (χ1v) is 9.29. The van der Waals surface area contributed by atoms with E-state index in [9.17, 15) is 9.59 Å². The van der Waals surface area contributed by atoms with Crippen LogP contribution < -0.4 is 0 Å². The van der Waals surface area contributed by atoms with Crippen LogP contribution in [0.4, 0.5) is 0 Å². The predicted octanol–water partition coefficient (Wildman–Crippen LogP) is 4.98. The molecule has 0 fully saturated rings. The first kappa shape index (κ1) is 21.1. The second-order valence-corrected chi connectivity index (χ2v) is 6.57. The Bertz CT molecular complexity index is 302. The fourth-order valence-corrected chi connectivity index (χ4v) is 2.47. The highest BCUT2D eigenvalue weighted by atomic mass is 16.2. The summed E-state index contributed by atoms with van der Waals surface area (Å²) >= 11 is 0. The molecule has 1 unspecified atom stereocenters. The lowest BCUT2D eigenvalue weighted by Gasteiger charge is -2.16. The van der Waals surface area contributed by atoms with Crippen LogP contribution >= 0.6 is 0 Å². The Balaban J connectivity index is 3.43. The van der Waals surface area contributed by atoms with Crippen LogP contribution in [0.1, 0.15) is 91.4 Å². The Labute approximate surface area is 137 Å². The summed E-state index contributed by atoms with van der Waals surface area (Å²) < 4.78 is 0. The lowest BCUT2D eigenvalue weighted by molar-refractivity contribution is -0.130. The van der Waals surface area contributed by atoms with Gasteiger partial charge in [0.2, 0.25) is 5.91 Å². The smallest absolute Gasteiger partial charge is 0.222 e. The SMILES string of the molecule is CCCCN(C)C(=O)CCCCCCCCC(=O)C(C)CC. The molecule has 0 saturated carbocycles. The molecular weight excluding hydrogens is 274 g/mol. The molecule has 0 aromatic rings. The standard InChI is InChI=1S/C19H37NO2/c1-5-7-16-20(4)19(22)15-13-11-9-8-10-12-14-18(21)17(3)6-2/h17H,5-16H2,1-4H3. The molecule has 3 heteroatoms. The number of rotatable bonds is 14. The molecule has 0 aromatic carbocycles. The number of Topliss-reactive ketones (excluding diaryl/α,β-unsaturated/α-hetero) is 1. The molecule has 0 aliphatic rings. The van der Waals surface area contributed by atoms with Crippen molar-refractivity contribution in [2.75, 3.05) is 13.6 Å². The van der Waals surface area contributed by atoms with E-state index in [-0.39, 0.29) is 11.8 Å². The maximum atomic E-state index is 11.8. The van der Waals surface area contributed by atoms with Crippen molar-refractivity contribution >= 4 is 11.7 Å². The maximum absolute atomic E-state index is 11.8. The monoisotopic (exact) mass is 311 g/mol. The molecule has 0 aliphatic heterocycles. The summed E-state index contributed by atoms with van der Waals surface area (Å²) in [4.78, 5) is 25.4. The number of hydrogen-bond donors (Lipinski definition) is 0. The summed E-state index contributed by atoms with van der Waals surface area (Å²) in [6.07, 6.45) is 11.3. The van der Waals surface area contributed by atoms with Crippen molar-refractivity contribution < 1.29 is 9.59 Å². The van der Waals surface area contributed by atoms with Crippen molar-refractivity contribution in [3.63, 3.8) is 0 Å². The van der Waals surface area contributed by atoms with Gasteiger partial charge < -0.3 is 4.90 Å². The highest BCUT2D eigenvalue weighted by Crippen LogP contribution is 2.12. The van der Waals surface area contributed by atoms with Crippen molar-refractivity contribution in [2.45, 2.75) is 91.4 Å². The van der Waals surface area contributed by atoms with Crippen LogP contribution in [0.15, 0.2) is 0 Å². The Morgan fingerprint density at radius 3 is 1.95 bits per heavy atom. The molecule has 0 heterocycles. The Kier molecular flexibility index (Phi) is 13.2. The largest absolute Gasteiger partial charge is 0.346 e. The second-order valence-electron chi connectivity index (χ2n) is 6.57. The van der Waals surface area contributed by atoms with Gasteiger partial charge >= 0.3 is 0 Å². The van der Waals surface area contributed by atoms with Crippen molar-refractivity contribution in [2.24, 2.45) is 5.92 Å². The van der Waals surface area contributed by atoms with Gasteiger partial charge in [-0.1, -0.05) is 52.9 Å². The minimum absolute atomic E-state index is 0.232. The summed E-state index contributed by atoms with van der Waals surface area (Å²) in [5, 5.41) is 0. The average molecular weight is 312 g/mol. The van der Waals surface area contributed by atoms with E-state index in [0.717, 1.165) is 57.9 Å². The molecule has 1 amide bonds. The minimum atomic E-state index is 0.232. The fourth-order valence-electron chi connectivity index (χ4n) is 2.47. The predicted molar refractivity (Wildman–Crippen MR) is 93.9 cm³/mol. The topological polar surface area (TPSA) is 37.4 Å². The molecule has 22 heavy (non-hydrogen) atoms. The summed E-state index contributed by atoms with van der Waals surface area (Å²) in [7, 11) is 1.91. The van der Waals surface area contributed by atoms with E-state index < -0.39 is 0 Å². The zero-order valence-corrected chi connectivity index (χ0v) is 15.3. The van der Waals surface area contributed by atoms with Gasteiger partial charge in [-0.25, -0.2) is 0 Å². The minimum Gasteiger partial charge on any atom is -0.346 e. The maximum Gasteiger partial charge on any atom is 0.222 e. The number of unbranched alkanes of at least 4 members (excludes halogenated alkanes) is 6. The summed E-state index contributed by atoms with van der Waals surface area (Å²) in [5.74, 6) is 0.937. The van der Waals surface area contributed by atoms with Crippen molar-refractivity contribution in [3.8, 4) is 0 Å². The van der Waals surface area contributed by atoms with Crippen LogP contribution in [0, 0.1) is 5.92 Å². The van der Waals surface area contributed by atoms with Crippen LogP contribution in [0.3, 0.4) is 0 Å². The Hall–Kier alpha value is -0.860. The number of hydrogen-bond acceptors (Lipinski definition) is 2. The Morgan fingerprint density at radius 1 is 0.864 bits per heavy atom. The molecular formula is C19H37NO2. The lowest BCUT2D eigenvalue weighted by Crippen LogP contribution is -2.27. The second kappa shape index (κ2) is 13.8. The van der Waals surface area contributed by atoms with Crippen molar-refractivity contribution in [1.82, 2.24) is 4.90 Å². The van der Waals surface area contributed by atoms with Gasteiger partial charge in [0.25, 0.3) is 0 Å². The quantitative estimate of drug-likeness (QED) is 0.424. The number of amides is 1. The van der Waals surface area contributed by atoms with E-state index in [2.05, 4.69) is 13.8 Å². The molecule has 0 N–H and O–H groups in total. The summed E-state index contributed by atoms with van der Waals surface area (Å²) in [6, 6.07) is 0. The van der Waals surface area contributed by atoms with Gasteiger partial charge in [-0.05, 0) is 25.7 Å². The van der Waals surface area contributed by atoms with Gasteiger partial charge in [-0.15, -0.1) is 0 Å². The van der Waals surface area contributed by atoms with E-state index in [1.54, 1.807) is 0 Å². The zero-order valence-electron chi connectivity index (χ0n) is 15.3. The van der Waals surface area contributed by atoms with E-state index in [1.807, 2.05) is 18.9 Å². The van der Waals surface area contributed by atoms with Gasteiger partial charge in [0.05, 0.1) is 0 Å². The van der Waals surface area contributed by atoms with Crippen molar-refractivity contribution in [3.05, 3.63) is 0 Å². The summed E-state index contributed by atoms with van der Waals surface area (Å²) in [6.45, 7) is 7.13. The average Bonchev–Trinajstić information content (AvgIpc) is 2.53. The van der Waals surface area contributed by atoms with Gasteiger partial charge in [-0.3, -0.25) is 9.59 Å². The zero-order chi connectivity index (χ0) is 16.8. The van der Waals surface area contributed by atoms with E-state index in [1.165, 1.54) is 12.8 Å². The fraction of sp³-hybridized carbons (Fsp3) is 0.895. The van der Waals surface area contributed by atoms with Crippen LogP contribution in [0.25, 0.3) is 0 Å². The van der Waals surface area contributed by atoms with Gasteiger partial charge in [0.15, 0.2) is 0 Å². The summed E-state index contributed by atoms with van der Waals surface area (Å²) in [5.41, 5.74) is 0. The van der Waals surface area contributed by atoms with Gasteiger partial charge in [0, 0.05) is 32.4 Å². The highest BCUT2D eigenvalue weighted by molar-refractivity contribution is 5.80. The van der Waals surface area contributed by atoms with Crippen LogP contribution in [-0.2, 0) is 9.59 Å². The van der Waals surface area contributed by atoms with Crippen LogP contribution in [0.2, 0.25) is 0 Å². The van der Waals surface area contributed by atoms with Crippen LogP contribution in [-0.4, -0.2) is 30.2 Å².